The number of fused-ring (bicyclic) bond motifs is 2. The van der Waals surface area contributed by atoms with E-state index in [-0.39, 0.29) is 17.3 Å². The zero-order chi connectivity index (χ0) is 19.3. The highest BCUT2D eigenvalue weighted by Crippen LogP contribution is 2.41. The Morgan fingerprint density at radius 1 is 1.25 bits per heavy atom. The second kappa shape index (κ2) is 5.84. The number of H-pyrrole nitrogens is 1. The third-order valence-electron chi connectivity index (χ3n) is 4.42. The van der Waals surface area contributed by atoms with Gasteiger partial charge in [-0.25, -0.2) is 5.10 Å². The van der Waals surface area contributed by atoms with Crippen LogP contribution in [0.15, 0.2) is 51.9 Å². The third kappa shape index (κ3) is 2.28. The molecule has 4 heterocycles. The Hall–Kier alpha value is -4.35. The molecule has 2 N–H and O–H groups in total. The van der Waals surface area contributed by atoms with E-state index in [1.54, 1.807) is 24.3 Å². The average Bonchev–Trinajstić information content (AvgIpc) is 3.39. The molecule has 1 atom stereocenters. The monoisotopic (exact) mass is 378 g/mol. The smallest absolute Gasteiger partial charge is 0.288 e. The summed E-state index contributed by atoms with van der Waals surface area (Å²) in [4.78, 5) is 23.2. The Bertz CT molecular complexity index is 1260. The van der Waals surface area contributed by atoms with E-state index >= 15 is 0 Å². The Balaban J connectivity index is 1.82. The second-order valence-corrected chi connectivity index (χ2v) is 5.99. The van der Waals surface area contributed by atoms with Gasteiger partial charge in [0.15, 0.2) is 5.76 Å². The van der Waals surface area contributed by atoms with Crippen LogP contribution in [0.4, 0.5) is 17.3 Å². The molecule has 0 saturated heterocycles. The lowest BCUT2D eigenvalue weighted by molar-refractivity contribution is -0.384. The van der Waals surface area contributed by atoms with Crippen LogP contribution in [0.25, 0.3) is 11.5 Å². The van der Waals surface area contributed by atoms with Gasteiger partial charge in [0, 0.05) is 17.7 Å². The van der Waals surface area contributed by atoms with Gasteiger partial charge in [-0.05, 0) is 28.1 Å². The molecule has 1 aliphatic rings. The topological polar surface area (TPSA) is 158 Å². The maximum Gasteiger partial charge on any atom is 0.288 e. The number of nitrogens with one attached hydrogen (secondary N) is 2. The molecule has 12 heteroatoms. The van der Waals surface area contributed by atoms with E-state index in [0.717, 1.165) is 0 Å². The van der Waals surface area contributed by atoms with Gasteiger partial charge in [-0.2, -0.15) is 9.78 Å². The molecule has 12 nitrogen and oxygen atoms in total. The molecule has 0 aliphatic carbocycles. The minimum absolute atomic E-state index is 0.0930. The molecule has 3 aromatic heterocycles. The molecule has 0 spiro atoms. The number of anilines is 2. The van der Waals surface area contributed by atoms with Crippen LogP contribution in [0.2, 0.25) is 0 Å². The first-order valence-corrected chi connectivity index (χ1v) is 8.09. The van der Waals surface area contributed by atoms with E-state index in [1.807, 2.05) is 0 Å². The summed E-state index contributed by atoms with van der Waals surface area (Å²) in [5.41, 5.74) is 0.953. The summed E-state index contributed by atoms with van der Waals surface area (Å²) in [5, 5.41) is 32.2. The zero-order valence-electron chi connectivity index (χ0n) is 13.9. The van der Waals surface area contributed by atoms with Crippen LogP contribution in [0, 0.1) is 10.1 Å². The van der Waals surface area contributed by atoms with Crippen molar-refractivity contribution in [3.63, 3.8) is 0 Å². The molecule has 0 amide bonds. The summed E-state index contributed by atoms with van der Waals surface area (Å²) >= 11 is 0. The highest BCUT2D eigenvalue weighted by atomic mass is 16.6. The fourth-order valence-corrected chi connectivity index (χ4v) is 3.26. The lowest BCUT2D eigenvalue weighted by Gasteiger charge is -2.27. The van der Waals surface area contributed by atoms with E-state index in [1.165, 1.54) is 23.1 Å². The van der Waals surface area contributed by atoms with Gasteiger partial charge in [-0.15, -0.1) is 0 Å². The van der Waals surface area contributed by atoms with Gasteiger partial charge in [-0.1, -0.05) is 17.2 Å². The zero-order valence-corrected chi connectivity index (χ0v) is 13.9. The van der Waals surface area contributed by atoms with Gasteiger partial charge >= 0.3 is 0 Å². The summed E-state index contributed by atoms with van der Waals surface area (Å²) < 4.78 is 6.90. The highest BCUT2D eigenvalue weighted by Gasteiger charge is 2.35. The van der Waals surface area contributed by atoms with E-state index < -0.39 is 16.5 Å². The number of aromatic nitrogens is 6. The van der Waals surface area contributed by atoms with Crippen molar-refractivity contribution in [2.24, 2.45) is 0 Å². The van der Waals surface area contributed by atoms with Gasteiger partial charge in [0.05, 0.1) is 11.2 Å². The Kier molecular flexibility index (Phi) is 3.31. The maximum atomic E-state index is 12.5. The van der Waals surface area contributed by atoms with E-state index in [4.69, 9.17) is 4.42 Å². The van der Waals surface area contributed by atoms with Crippen LogP contribution < -0.4 is 10.9 Å². The molecule has 5 rings (SSSR count). The van der Waals surface area contributed by atoms with E-state index in [0.29, 0.717) is 22.6 Å². The number of rotatable bonds is 3. The number of hydrogen-bond acceptors (Lipinski definition) is 9. The molecular weight excluding hydrogens is 368 g/mol. The van der Waals surface area contributed by atoms with Gasteiger partial charge in [-0.3, -0.25) is 14.9 Å². The average molecular weight is 378 g/mol. The largest absolute Gasteiger partial charge is 0.463 e. The first-order chi connectivity index (χ1) is 13.6. The third-order valence-corrected chi connectivity index (χ3v) is 4.42. The number of benzene rings is 1. The number of nitro benzene ring substituents is 1. The van der Waals surface area contributed by atoms with Gasteiger partial charge in [0.2, 0.25) is 5.95 Å². The molecule has 1 unspecified atom stereocenters. The first-order valence-electron chi connectivity index (χ1n) is 8.09. The normalized spacial score (nSPS) is 14.8. The van der Waals surface area contributed by atoms with Crippen LogP contribution in [0.5, 0.6) is 0 Å². The molecule has 0 radical (unpaired) electrons. The Morgan fingerprint density at radius 2 is 2.14 bits per heavy atom. The van der Waals surface area contributed by atoms with Crippen molar-refractivity contribution in [3.05, 3.63) is 74.3 Å². The molecule has 28 heavy (non-hydrogen) atoms. The van der Waals surface area contributed by atoms with E-state index in [2.05, 4.69) is 31.0 Å². The second-order valence-electron chi connectivity index (χ2n) is 5.99. The quantitative estimate of drug-likeness (QED) is 0.351. The first kappa shape index (κ1) is 15.9. The SMILES string of the molecule is O=c1[nH]nc(-c2ccco2)c2c1Nc1nnnn1C2c1cccc([N+](=O)[O-])c1. The predicted octanol–water partition coefficient (Wildman–Crippen LogP) is 1.62. The lowest BCUT2D eigenvalue weighted by Crippen LogP contribution is -2.29. The summed E-state index contributed by atoms with van der Waals surface area (Å²) in [5.74, 6) is 0.646. The number of nitrogens with zero attached hydrogens (tertiary/aromatic N) is 6. The Labute approximate surface area is 155 Å². The summed E-state index contributed by atoms with van der Waals surface area (Å²) in [7, 11) is 0. The van der Waals surface area contributed by atoms with Crippen LogP contribution >= 0.6 is 0 Å². The molecule has 4 aromatic rings. The maximum absolute atomic E-state index is 12.5. The van der Waals surface area contributed by atoms with Crippen molar-refractivity contribution >= 4 is 17.3 Å². The number of tetrazole rings is 1. The van der Waals surface area contributed by atoms with Crippen LogP contribution in [0.1, 0.15) is 17.2 Å². The standard InChI is InChI=1S/C16H10N8O4/c25-15-13-11(12(18-19-15)10-5-2-6-28-10)14(23-16(17-13)20-21-22-23)8-3-1-4-9(7-8)24(26)27/h1-7,14H,(H,19,25)(H,17,20,22). The molecule has 0 fully saturated rings. The van der Waals surface area contributed by atoms with Crippen molar-refractivity contribution in [2.75, 3.05) is 5.32 Å². The predicted molar refractivity (Wildman–Crippen MR) is 94.0 cm³/mol. The van der Waals surface area contributed by atoms with Crippen molar-refractivity contribution in [1.82, 2.24) is 30.4 Å². The van der Waals surface area contributed by atoms with Crippen molar-refractivity contribution in [1.29, 1.82) is 0 Å². The molecule has 1 aromatic carbocycles. The number of hydrogen-bond donors (Lipinski definition) is 2. The molecular formula is C16H10N8O4. The number of furan rings is 1. The molecule has 0 saturated carbocycles. The van der Waals surface area contributed by atoms with Crippen molar-refractivity contribution in [3.8, 4) is 11.5 Å². The van der Waals surface area contributed by atoms with E-state index in [9.17, 15) is 14.9 Å². The van der Waals surface area contributed by atoms with Gasteiger partial charge in [0.25, 0.3) is 11.2 Å². The van der Waals surface area contributed by atoms with Crippen LogP contribution in [0.3, 0.4) is 0 Å². The molecule has 138 valence electrons. The minimum atomic E-state index is -0.726. The van der Waals surface area contributed by atoms with Gasteiger partial charge in [0.1, 0.15) is 17.4 Å². The lowest BCUT2D eigenvalue weighted by atomic mass is 9.94. The fraction of sp³-hybridized carbons (Fsp3) is 0.0625. The highest BCUT2D eigenvalue weighted by molar-refractivity contribution is 5.73. The minimum Gasteiger partial charge on any atom is -0.463 e. The van der Waals surface area contributed by atoms with Gasteiger partial charge < -0.3 is 9.73 Å². The Morgan fingerprint density at radius 3 is 2.93 bits per heavy atom. The molecule has 0 bridgehead atoms. The summed E-state index contributed by atoms with van der Waals surface area (Å²) in [6.45, 7) is 0. The van der Waals surface area contributed by atoms with Crippen LogP contribution in [-0.2, 0) is 0 Å². The van der Waals surface area contributed by atoms with Crippen molar-refractivity contribution < 1.29 is 9.34 Å². The fourth-order valence-electron chi connectivity index (χ4n) is 3.26. The number of non-ortho nitro benzene ring substituents is 1. The summed E-state index contributed by atoms with van der Waals surface area (Å²) in [6, 6.07) is 8.72. The number of aromatic amines is 1. The van der Waals surface area contributed by atoms with Crippen molar-refractivity contribution in [2.45, 2.75) is 6.04 Å². The molecule has 1 aliphatic heterocycles. The van der Waals surface area contributed by atoms with Crippen LogP contribution in [-0.4, -0.2) is 35.3 Å². The summed E-state index contributed by atoms with van der Waals surface area (Å²) in [6.07, 6.45) is 1.48. The number of nitro groups is 1.